The highest BCUT2D eigenvalue weighted by molar-refractivity contribution is 5.86. The van der Waals surface area contributed by atoms with Gasteiger partial charge in [-0.3, -0.25) is 9.36 Å². The Hall–Kier alpha value is -3.26. The zero-order chi connectivity index (χ0) is 21.7. The average Bonchev–Trinajstić information content (AvgIpc) is 3.38. The van der Waals surface area contributed by atoms with Crippen LogP contribution in [0.3, 0.4) is 0 Å². The first kappa shape index (κ1) is 18.5. The molecule has 3 aromatic rings. The summed E-state index contributed by atoms with van der Waals surface area (Å²) < 4.78 is 21.8. The van der Waals surface area contributed by atoms with E-state index in [1.165, 1.54) is 16.7 Å². The van der Waals surface area contributed by atoms with Crippen molar-refractivity contribution in [1.82, 2.24) is 4.57 Å². The number of halogens is 1. The van der Waals surface area contributed by atoms with Crippen LogP contribution in [0.25, 0.3) is 22.3 Å². The van der Waals surface area contributed by atoms with Crippen molar-refractivity contribution in [2.75, 3.05) is 0 Å². The quantitative estimate of drug-likeness (QED) is 0.287. The molecule has 4 heterocycles. The summed E-state index contributed by atoms with van der Waals surface area (Å²) in [6.45, 7) is 1.60. The number of carbonyl (C=O) groups excluding carboxylic acids is 1. The van der Waals surface area contributed by atoms with E-state index in [4.69, 9.17) is 4.74 Å². The van der Waals surface area contributed by atoms with Crippen LogP contribution < -0.4 is 10.3 Å². The molecule has 0 unspecified atom stereocenters. The van der Waals surface area contributed by atoms with Gasteiger partial charge in [-0.2, -0.15) is 4.73 Å². The molecule has 3 aliphatic rings. The summed E-state index contributed by atoms with van der Waals surface area (Å²) in [6.07, 6.45) is 2.24. The van der Waals surface area contributed by atoms with E-state index in [2.05, 4.69) is 0 Å². The first-order valence-electron chi connectivity index (χ1n) is 10.4. The molecule has 0 bridgehead atoms. The smallest absolute Gasteiger partial charge is 0.343 e. The molecular weight excluding hydrogens is 403 g/mol. The Morgan fingerprint density at radius 3 is 2.77 bits per heavy atom. The van der Waals surface area contributed by atoms with Gasteiger partial charge in [-0.15, -0.1) is 0 Å². The second-order valence-corrected chi connectivity index (χ2v) is 8.52. The number of hydrogen-bond acceptors (Lipinski definition) is 5. The van der Waals surface area contributed by atoms with Crippen molar-refractivity contribution in [3.63, 3.8) is 0 Å². The van der Waals surface area contributed by atoms with Crippen molar-refractivity contribution in [2.45, 2.75) is 51.4 Å². The number of hydrogen-bond donors (Lipinski definition) is 1. The Labute approximate surface area is 175 Å². The predicted octanol–water partition coefficient (Wildman–Crippen LogP) is 1.95. The van der Waals surface area contributed by atoms with E-state index >= 15 is 0 Å². The van der Waals surface area contributed by atoms with Crippen LogP contribution in [0.2, 0.25) is 0 Å². The summed E-state index contributed by atoms with van der Waals surface area (Å²) in [5.41, 5.74) is 1.04. The van der Waals surface area contributed by atoms with Crippen LogP contribution in [-0.2, 0) is 41.1 Å². The standard InChI is InChI=1S/C23H19FN2O5/c1-2-23(29)16-7-19-20-11(9-25(19)21(27)15(16)10-31-22(23)28)6-14-12-4-3-5-13(12)17(24)8-18(14)26(20)30/h6-8,29H,2-5,9-10H2,1H3/t23-/m0/s1. The van der Waals surface area contributed by atoms with E-state index in [1.54, 1.807) is 6.92 Å². The summed E-state index contributed by atoms with van der Waals surface area (Å²) in [4.78, 5) is 25.5. The fourth-order valence-corrected chi connectivity index (χ4v) is 5.38. The number of fused-ring (bicyclic) bond motifs is 7. The van der Waals surface area contributed by atoms with Gasteiger partial charge in [0.2, 0.25) is 11.2 Å². The molecule has 7 nitrogen and oxygen atoms in total. The van der Waals surface area contributed by atoms with E-state index in [0.29, 0.717) is 34.4 Å². The maximum atomic E-state index is 14.6. The molecule has 1 atom stereocenters. The number of nitrogens with zero attached hydrogens (tertiary/aromatic N) is 2. The van der Waals surface area contributed by atoms with Crippen molar-refractivity contribution in [1.29, 1.82) is 0 Å². The Balaban J connectivity index is 1.67. The molecule has 1 aliphatic carbocycles. The number of aliphatic hydroxyl groups is 1. The number of pyridine rings is 2. The molecule has 1 N–H and O–H groups in total. The van der Waals surface area contributed by atoms with Crippen molar-refractivity contribution < 1.29 is 23.8 Å². The Bertz CT molecular complexity index is 1410. The third kappa shape index (κ3) is 2.18. The minimum Gasteiger partial charge on any atom is -0.618 e. The van der Waals surface area contributed by atoms with E-state index in [9.17, 15) is 24.3 Å². The van der Waals surface area contributed by atoms with Crippen molar-refractivity contribution in [3.8, 4) is 11.4 Å². The lowest BCUT2D eigenvalue weighted by molar-refractivity contribution is -0.565. The number of benzene rings is 1. The minimum atomic E-state index is -1.94. The molecule has 158 valence electrons. The van der Waals surface area contributed by atoms with E-state index in [-0.39, 0.29) is 47.7 Å². The number of aromatic nitrogens is 2. The second kappa shape index (κ2) is 5.91. The van der Waals surface area contributed by atoms with Gasteiger partial charge in [0.05, 0.1) is 17.5 Å². The molecule has 0 saturated heterocycles. The predicted molar refractivity (Wildman–Crippen MR) is 108 cm³/mol. The van der Waals surface area contributed by atoms with Gasteiger partial charge in [0.15, 0.2) is 5.60 Å². The number of ether oxygens (including phenoxy) is 1. The normalized spacial score (nSPS) is 20.9. The SMILES string of the molecule is CC[C@@]1(O)C(=O)OCc2c1cc1n(c2=O)Cc2cc3c4c(c(F)cc3[n+]([O-])c2-1)CCC4. The van der Waals surface area contributed by atoms with Crippen LogP contribution >= 0.6 is 0 Å². The monoisotopic (exact) mass is 422 g/mol. The van der Waals surface area contributed by atoms with Gasteiger partial charge in [-0.25, -0.2) is 9.18 Å². The third-order valence-electron chi connectivity index (χ3n) is 7.03. The molecule has 2 aliphatic heterocycles. The zero-order valence-electron chi connectivity index (χ0n) is 16.8. The molecule has 8 heteroatoms. The molecule has 2 aromatic heterocycles. The highest BCUT2D eigenvalue weighted by Crippen LogP contribution is 2.39. The van der Waals surface area contributed by atoms with Gasteiger partial charge < -0.3 is 15.1 Å². The lowest BCUT2D eigenvalue weighted by atomic mass is 9.86. The lowest BCUT2D eigenvalue weighted by Crippen LogP contribution is -2.44. The highest BCUT2D eigenvalue weighted by atomic mass is 19.1. The van der Waals surface area contributed by atoms with Crippen LogP contribution in [0.1, 0.15) is 47.6 Å². The number of rotatable bonds is 1. The summed E-state index contributed by atoms with van der Waals surface area (Å²) in [6, 6.07) is 4.68. The maximum Gasteiger partial charge on any atom is 0.343 e. The van der Waals surface area contributed by atoms with Gasteiger partial charge in [0.25, 0.3) is 5.56 Å². The number of cyclic esters (lactones) is 1. The average molecular weight is 422 g/mol. The van der Waals surface area contributed by atoms with Crippen LogP contribution in [0.5, 0.6) is 0 Å². The lowest BCUT2D eigenvalue weighted by Gasteiger charge is -2.31. The minimum absolute atomic E-state index is 0.0288. The molecule has 0 spiro atoms. The van der Waals surface area contributed by atoms with Gasteiger partial charge in [0.1, 0.15) is 18.1 Å². The molecule has 0 fully saturated rings. The van der Waals surface area contributed by atoms with Gasteiger partial charge in [-0.1, -0.05) is 6.92 Å². The van der Waals surface area contributed by atoms with Crippen LogP contribution in [0.15, 0.2) is 23.0 Å². The fourth-order valence-electron chi connectivity index (χ4n) is 5.38. The molecule has 1 aromatic carbocycles. The van der Waals surface area contributed by atoms with Crippen LogP contribution in [0.4, 0.5) is 4.39 Å². The molecule has 31 heavy (non-hydrogen) atoms. The summed E-state index contributed by atoms with van der Waals surface area (Å²) in [5.74, 6) is -1.19. The fraction of sp³-hybridized carbons (Fsp3) is 0.348. The van der Waals surface area contributed by atoms with Crippen molar-refractivity contribution in [2.24, 2.45) is 0 Å². The van der Waals surface area contributed by atoms with Gasteiger partial charge in [0, 0.05) is 17.2 Å². The van der Waals surface area contributed by atoms with Gasteiger partial charge >= 0.3 is 5.97 Å². The second-order valence-electron chi connectivity index (χ2n) is 8.52. The van der Waals surface area contributed by atoms with E-state index in [1.807, 2.05) is 6.07 Å². The zero-order valence-corrected chi connectivity index (χ0v) is 16.8. The molecular formula is C23H19FN2O5. The Morgan fingerprint density at radius 2 is 2.00 bits per heavy atom. The van der Waals surface area contributed by atoms with Crippen molar-refractivity contribution in [3.05, 3.63) is 67.4 Å². The molecule has 0 radical (unpaired) electrons. The first-order chi connectivity index (χ1) is 14.8. The van der Waals surface area contributed by atoms with Crippen LogP contribution in [-0.4, -0.2) is 15.6 Å². The molecule has 0 amide bonds. The summed E-state index contributed by atoms with van der Waals surface area (Å²) >= 11 is 0. The molecule has 6 rings (SSSR count). The maximum absolute atomic E-state index is 14.6. The number of aryl methyl sites for hydroxylation is 1. The number of carbonyl (C=O) groups is 1. The largest absolute Gasteiger partial charge is 0.618 e. The number of esters is 1. The first-order valence-corrected chi connectivity index (χ1v) is 10.4. The van der Waals surface area contributed by atoms with Gasteiger partial charge in [-0.05, 0) is 48.9 Å². The summed E-state index contributed by atoms with van der Waals surface area (Å²) in [5, 5.41) is 25.0. The van der Waals surface area contributed by atoms with E-state index < -0.39 is 17.1 Å². The third-order valence-corrected chi connectivity index (χ3v) is 7.03. The van der Waals surface area contributed by atoms with Crippen molar-refractivity contribution >= 4 is 16.9 Å². The van der Waals surface area contributed by atoms with E-state index in [0.717, 1.165) is 17.4 Å². The summed E-state index contributed by atoms with van der Waals surface area (Å²) in [7, 11) is 0. The highest BCUT2D eigenvalue weighted by Gasteiger charge is 2.46. The topological polar surface area (TPSA) is 95.5 Å². The van der Waals surface area contributed by atoms with Crippen LogP contribution in [0, 0.1) is 11.0 Å². The Kier molecular flexibility index (Phi) is 3.53. The molecule has 0 saturated carbocycles. The Morgan fingerprint density at radius 1 is 1.23 bits per heavy atom.